The minimum atomic E-state index is 0. The zero-order chi connectivity index (χ0) is 12.5. The van der Waals surface area contributed by atoms with E-state index in [2.05, 4.69) is 4.98 Å². The highest BCUT2D eigenvalue weighted by Gasteiger charge is 2.22. The number of hydrogen-bond donors (Lipinski definition) is 1. The van der Waals surface area contributed by atoms with Gasteiger partial charge in [0.05, 0.1) is 16.8 Å². The van der Waals surface area contributed by atoms with Crippen molar-refractivity contribution in [2.75, 3.05) is 18.8 Å². The first-order chi connectivity index (χ1) is 8.74. The highest BCUT2D eigenvalue weighted by atomic mass is 79.9. The molecule has 1 fully saturated rings. The Hall–Kier alpha value is -0.920. The Morgan fingerprint density at radius 1 is 1.42 bits per heavy atom. The van der Waals surface area contributed by atoms with Gasteiger partial charge in [0.1, 0.15) is 0 Å². The number of carbonyl (C=O) groups excluding carboxylic acids is 1. The maximum absolute atomic E-state index is 12.1. The van der Waals surface area contributed by atoms with Crippen LogP contribution in [0.4, 0.5) is 0 Å². The quantitative estimate of drug-likeness (QED) is 0.857. The molecule has 0 amide bonds. The normalized spacial score (nSPS) is 14.7. The molecule has 0 atom stereocenters. The van der Waals surface area contributed by atoms with Crippen LogP contribution in [0.25, 0.3) is 10.2 Å². The van der Waals surface area contributed by atoms with Crippen molar-refractivity contribution in [2.24, 2.45) is 0 Å². The second kappa shape index (κ2) is 6.02. The average molecular weight is 358 g/mol. The standard InChI is InChI=1S/C12H11N3OS2.BrH/c13-12-15(5-6-17-12)7-9(16)11-14-8-3-1-2-4-10(8)18-11;/h1-4,13H,5-7H2;1H. The summed E-state index contributed by atoms with van der Waals surface area (Å²) in [6.45, 7) is 1.05. The second-order valence-electron chi connectivity index (χ2n) is 3.99. The molecule has 0 unspecified atom stereocenters. The molecule has 1 aromatic carbocycles. The Labute approximate surface area is 129 Å². The fraction of sp³-hybridized carbons (Fsp3) is 0.250. The van der Waals surface area contributed by atoms with E-state index in [-0.39, 0.29) is 29.3 Å². The van der Waals surface area contributed by atoms with Crippen LogP contribution in [0.2, 0.25) is 0 Å². The molecule has 1 aliphatic heterocycles. The van der Waals surface area contributed by atoms with Gasteiger partial charge in [-0.2, -0.15) is 0 Å². The highest BCUT2D eigenvalue weighted by molar-refractivity contribution is 8.93. The molecule has 1 aromatic heterocycles. The van der Waals surface area contributed by atoms with Crippen LogP contribution in [0.3, 0.4) is 0 Å². The predicted octanol–water partition coefficient (Wildman–Crippen LogP) is 3.04. The first-order valence-corrected chi connectivity index (χ1v) is 7.39. The van der Waals surface area contributed by atoms with Crippen molar-refractivity contribution in [1.29, 1.82) is 5.41 Å². The van der Waals surface area contributed by atoms with Crippen LogP contribution in [-0.2, 0) is 0 Å². The number of halogens is 1. The summed E-state index contributed by atoms with van der Waals surface area (Å²) in [7, 11) is 0. The van der Waals surface area contributed by atoms with Gasteiger partial charge in [-0.25, -0.2) is 4.98 Å². The Bertz CT molecular complexity index is 595. The molecule has 2 aromatic rings. The second-order valence-corrected chi connectivity index (χ2v) is 6.10. The van der Waals surface area contributed by atoms with Gasteiger partial charge in [0.15, 0.2) is 10.2 Å². The summed E-state index contributed by atoms with van der Waals surface area (Å²) < 4.78 is 1.03. The van der Waals surface area contributed by atoms with Crippen LogP contribution in [-0.4, -0.2) is 39.7 Å². The van der Waals surface area contributed by atoms with Crippen LogP contribution >= 0.6 is 40.1 Å². The third kappa shape index (κ3) is 2.98. The average Bonchev–Trinajstić information content (AvgIpc) is 2.96. The molecule has 0 radical (unpaired) electrons. The topological polar surface area (TPSA) is 57.1 Å². The lowest BCUT2D eigenvalue weighted by molar-refractivity contribution is 0.0966. The summed E-state index contributed by atoms with van der Waals surface area (Å²) >= 11 is 2.91. The lowest BCUT2D eigenvalue weighted by Gasteiger charge is -2.13. The zero-order valence-corrected chi connectivity index (χ0v) is 13.3. The SMILES string of the molecule is Br.N=C1SCCN1CC(=O)c1nc2ccccc2s1. The number of ketones is 1. The van der Waals surface area contributed by atoms with Crippen molar-refractivity contribution in [1.82, 2.24) is 9.88 Å². The lowest BCUT2D eigenvalue weighted by Crippen LogP contribution is -2.30. The van der Waals surface area contributed by atoms with Crippen molar-refractivity contribution in [2.45, 2.75) is 0 Å². The number of aromatic nitrogens is 1. The predicted molar refractivity (Wildman–Crippen MR) is 86.0 cm³/mol. The van der Waals surface area contributed by atoms with Gasteiger partial charge < -0.3 is 4.90 Å². The highest BCUT2D eigenvalue weighted by Crippen LogP contribution is 2.23. The number of benzene rings is 1. The lowest BCUT2D eigenvalue weighted by atomic mass is 10.3. The largest absolute Gasteiger partial charge is 0.343 e. The number of para-hydroxylation sites is 1. The van der Waals surface area contributed by atoms with Gasteiger partial charge in [0, 0.05) is 12.3 Å². The van der Waals surface area contributed by atoms with E-state index in [1.165, 1.54) is 23.1 Å². The summed E-state index contributed by atoms with van der Waals surface area (Å²) in [6, 6.07) is 7.75. The zero-order valence-electron chi connectivity index (χ0n) is 9.96. The molecule has 7 heteroatoms. The molecule has 1 saturated heterocycles. The van der Waals surface area contributed by atoms with Gasteiger partial charge in [-0.1, -0.05) is 23.9 Å². The number of nitrogens with one attached hydrogen (secondary N) is 1. The minimum Gasteiger partial charge on any atom is -0.343 e. The van der Waals surface area contributed by atoms with Crippen molar-refractivity contribution in [3.05, 3.63) is 29.3 Å². The van der Waals surface area contributed by atoms with Gasteiger partial charge in [-0.3, -0.25) is 10.2 Å². The molecule has 0 bridgehead atoms. The van der Waals surface area contributed by atoms with E-state index in [1.807, 2.05) is 24.3 Å². The Morgan fingerprint density at radius 2 is 2.21 bits per heavy atom. The van der Waals surface area contributed by atoms with Gasteiger partial charge in [0.25, 0.3) is 0 Å². The molecular formula is C12H12BrN3OS2. The number of nitrogens with zero attached hydrogens (tertiary/aromatic N) is 2. The first-order valence-electron chi connectivity index (χ1n) is 5.59. The molecule has 2 heterocycles. The molecular weight excluding hydrogens is 346 g/mol. The molecule has 100 valence electrons. The van der Waals surface area contributed by atoms with Crippen molar-refractivity contribution in [3.8, 4) is 0 Å². The molecule has 0 spiro atoms. The number of amidine groups is 1. The minimum absolute atomic E-state index is 0. The van der Waals surface area contributed by atoms with Gasteiger partial charge >= 0.3 is 0 Å². The third-order valence-electron chi connectivity index (χ3n) is 2.75. The van der Waals surface area contributed by atoms with Crippen molar-refractivity contribution < 1.29 is 4.79 Å². The number of carbonyl (C=O) groups is 1. The number of hydrogen-bond acceptors (Lipinski definition) is 5. The van der Waals surface area contributed by atoms with Gasteiger partial charge in [0.2, 0.25) is 5.78 Å². The fourth-order valence-electron chi connectivity index (χ4n) is 1.83. The van der Waals surface area contributed by atoms with E-state index in [4.69, 9.17) is 5.41 Å². The van der Waals surface area contributed by atoms with E-state index in [1.54, 1.807) is 4.90 Å². The van der Waals surface area contributed by atoms with Gasteiger partial charge in [-0.05, 0) is 12.1 Å². The Kier molecular flexibility index (Phi) is 4.59. The molecule has 4 nitrogen and oxygen atoms in total. The molecule has 19 heavy (non-hydrogen) atoms. The first kappa shape index (κ1) is 14.5. The maximum Gasteiger partial charge on any atom is 0.210 e. The van der Waals surface area contributed by atoms with Crippen LogP contribution in [0.5, 0.6) is 0 Å². The van der Waals surface area contributed by atoms with E-state index >= 15 is 0 Å². The van der Waals surface area contributed by atoms with Crippen molar-refractivity contribution >= 4 is 61.2 Å². The summed E-state index contributed by atoms with van der Waals surface area (Å²) in [5, 5.41) is 8.72. The van der Waals surface area contributed by atoms with Crippen molar-refractivity contribution in [3.63, 3.8) is 0 Å². The van der Waals surface area contributed by atoms with E-state index < -0.39 is 0 Å². The van der Waals surface area contributed by atoms with E-state index in [0.29, 0.717) is 10.2 Å². The van der Waals surface area contributed by atoms with Crippen LogP contribution in [0.15, 0.2) is 24.3 Å². The van der Waals surface area contributed by atoms with E-state index in [0.717, 1.165) is 22.5 Å². The van der Waals surface area contributed by atoms with Crippen LogP contribution < -0.4 is 0 Å². The number of fused-ring (bicyclic) bond motifs is 1. The number of thiazole rings is 1. The summed E-state index contributed by atoms with van der Waals surface area (Å²) in [5.41, 5.74) is 0.872. The Balaban J connectivity index is 0.00000133. The van der Waals surface area contributed by atoms with Gasteiger partial charge in [-0.15, -0.1) is 28.3 Å². The maximum atomic E-state index is 12.1. The van der Waals surface area contributed by atoms with Crippen LogP contribution in [0, 0.1) is 5.41 Å². The summed E-state index contributed by atoms with van der Waals surface area (Å²) in [6.07, 6.45) is 0. The van der Waals surface area contributed by atoms with E-state index in [9.17, 15) is 4.79 Å². The fourth-order valence-corrected chi connectivity index (χ4v) is 3.57. The molecule has 0 saturated carbocycles. The molecule has 1 N–H and O–H groups in total. The number of Topliss-reactive ketones (excluding diaryl/α,β-unsaturated/α-hetero) is 1. The molecule has 0 aliphatic carbocycles. The smallest absolute Gasteiger partial charge is 0.210 e. The number of thioether (sulfide) groups is 1. The summed E-state index contributed by atoms with van der Waals surface area (Å²) in [5.74, 6) is 0.898. The number of rotatable bonds is 3. The third-order valence-corrected chi connectivity index (χ3v) is 4.75. The monoisotopic (exact) mass is 357 g/mol. The summed E-state index contributed by atoms with van der Waals surface area (Å²) in [4.78, 5) is 18.3. The van der Waals surface area contributed by atoms with Crippen LogP contribution in [0.1, 0.15) is 9.80 Å². The Morgan fingerprint density at radius 3 is 2.89 bits per heavy atom. The molecule has 1 aliphatic rings. The molecule has 3 rings (SSSR count).